The molecule has 0 bridgehead atoms. The van der Waals surface area contributed by atoms with Crippen LogP contribution in [0.4, 0.5) is 17.6 Å². The van der Waals surface area contributed by atoms with Gasteiger partial charge in [0, 0.05) is 13.1 Å². The van der Waals surface area contributed by atoms with Gasteiger partial charge in [-0.1, -0.05) is 0 Å². The summed E-state index contributed by atoms with van der Waals surface area (Å²) in [7, 11) is -3.98. The molecular formula is C8H12F4N2O3S. The summed E-state index contributed by atoms with van der Waals surface area (Å²) in [5.74, 6) is -6.87. The van der Waals surface area contributed by atoms with Crippen molar-refractivity contribution in [1.29, 1.82) is 0 Å². The van der Waals surface area contributed by atoms with E-state index >= 15 is 0 Å². The highest BCUT2D eigenvalue weighted by Crippen LogP contribution is 2.27. The lowest BCUT2D eigenvalue weighted by atomic mass is 10.1. The van der Waals surface area contributed by atoms with Crippen LogP contribution in [-0.2, 0) is 14.8 Å². The van der Waals surface area contributed by atoms with E-state index in [2.05, 4.69) is 0 Å². The highest BCUT2D eigenvalue weighted by molar-refractivity contribution is 7.89. The number of sulfonamides is 1. The zero-order valence-corrected chi connectivity index (χ0v) is 9.97. The summed E-state index contributed by atoms with van der Waals surface area (Å²) in [6.45, 7) is -0.771. The number of likely N-dealkylation sites (tertiary alicyclic amines) is 1. The lowest BCUT2D eigenvalue weighted by Gasteiger charge is -2.33. The van der Waals surface area contributed by atoms with Crippen molar-refractivity contribution in [2.45, 2.75) is 30.4 Å². The highest BCUT2D eigenvalue weighted by Gasteiger charge is 2.52. The summed E-state index contributed by atoms with van der Waals surface area (Å²) in [4.78, 5) is 11.6. The van der Waals surface area contributed by atoms with E-state index in [1.165, 1.54) is 0 Å². The van der Waals surface area contributed by atoms with Crippen LogP contribution in [0.1, 0.15) is 12.8 Å². The third-order valence-corrected chi connectivity index (χ3v) is 4.00. The topological polar surface area (TPSA) is 80.5 Å². The van der Waals surface area contributed by atoms with Gasteiger partial charge in [-0.3, -0.25) is 4.79 Å². The van der Waals surface area contributed by atoms with Gasteiger partial charge in [0.25, 0.3) is 5.91 Å². The zero-order valence-electron chi connectivity index (χ0n) is 9.15. The number of carbonyl (C=O) groups is 1. The zero-order chi connectivity index (χ0) is 14.1. The van der Waals surface area contributed by atoms with Crippen LogP contribution in [0, 0.1) is 0 Å². The molecule has 0 aromatic carbocycles. The van der Waals surface area contributed by atoms with Gasteiger partial charge in [-0.15, -0.1) is 0 Å². The Morgan fingerprint density at radius 1 is 1.39 bits per heavy atom. The Morgan fingerprint density at radius 3 is 2.39 bits per heavy atom. The maximum absolute atomic E-state index is 12.8. The minimum Gasteiger partial charge on any atom is -0.336 e. The molecule has 106 valence electrons. The molecule has 1 heterocycles. The van der Waals surface area contributed by atoms with E-state index in [4.69, 9.17) is 5.14 Å². The number of carbonyl (C=O) groups excluding carboxylic acids is 1. The summed E-state index contributed by atoms with van der Waals surface area (Å²) in [5.41, 5.74) is 0. The predicted octanol–water partition coefficient (Wildman–Crippen LogP) is 0.166. The number of nitrogens with two attached hydrogens (primary N) is 1. The normalized spacial score (nSPS) is 22.3. The van der Waals surface area contributed by atoms with Gasteiger partial charge in [0.05, 0.1) is 5.25 Å². The molecule has 1 unspecified atom stereocenters. The predicted molar refractivity (Wildman–Crippen MR) is 53.7 cm³/mol. The molecule has 1 aliphatic heterocycles. The molecule has 0 radical (unpaired) electrons. The first-order valence-corrected chi connectivity index (χ1v) is 6.64. The number of nitrogens with zero attached hydrogens (tertiary/aromatic N) is 1. The molecule has 1 fully saturated rings. The van der Waals surface area contributed by atoms with E-state index in [1.54, 1.807) is 0 Å². The Kier molecular flexibility index (Phi) is 4.21. The monoisotopic (exact) mass is 292 g/mol. The molecule has 0 aliphatic carbocycles. The molecule has 2 N–H and O–H groups in total. The van der Waals surface area contributed by atoms with E-state index in [1.807, 2.05) is 0 Å². The Labute approximate surface area is 101 Å². The van der Waals surface area contributed by atoms with Crippen molar-refractivity contribution in [3.05, 3.63) is 0 Å². The van der Waals surface area contributed by atoms with Crippen molar-refractivity contribution in [2.75, 3.05) is 13.1 Å². The standard InChI is InChI=1S/C8H12F4N2O3S/c9-6(10)8(11,12)7(15)14-3-1-2-5(4-14)18(13,16)17/h5-6H,1-4H2,(H2,13,16,17). The molecule has 0 spiro atoms. The summed E-state index contributed by atoms with van der Waals surface area (Å²) >= 11 is 0. The second kappa shape index (κ2) is 5.00. The van der Waals surface area contributed by atoms with Crippen LogP contribution in [0.25, 0.3) is 0 Å². The lowest BCUT2D eigenvalue weighted by molar-refractivity contribution is -0.181. The smallest absolute Gasteiger partial charge is 0.336 e. The number of piperidine rings is 1. The van der Waals surface area contributed by atoms with Crippen LogP contribution in [0.15, 0.2) is 0 Å². The third kappa shape index (κ3) is 3.10. The van der Waals surface area contributed by atoms with Gasteiger partial charge in [-0.25, -0.2) is 22.3 Å². The van der Waals surface area contributed by atoms with Crippen LogP contribution in [0.3, 0.4) is 0 Å². The first kappa shape index (κ1) is 15.2. The SMILES string of the molecule is NS(=O)(=O)C1CCCN(C(=O)C(F)(F)C(F)F)C1. The van der Waals surface area contributed by atoms with Crippen molar-refractivity contribution in [1.82, 2.24) is 4.90 Å². The van der Waals surface area contributed by atoms with Crippen molar-refractivity contribution in [3.8, 4) is 0 Å². The summed E-state index contributed by atoms with van der Waals surface area (Å²) < 4.78 is 71.8. The molecule has 1 atom stereocenters. The van der Waals surface area contributed by atoms with E-state index in [0.717, 1.165) is 0 Å². The van der Waals surface area contributed by atoms with Crippen molar-refractivity contribution < 1.29 is 30.8 Å². The molecule has 1 aliphatic rings. The van der Waals surface area contributed by atoms with E-state index < -0.39 is 40.1 Å². The molecular weight excluding hydrogens is 280 g/mol. The van der Waals surface area contributed by atoms with Gasteiger partial charge in [0.1, 0.15) is 0 Å². The average Bonchev–Trinajstić information content (AvgIpc) is 2.26. The first-order chi connectivity index (χ1) is 8.06. The second-order valence-electron chi connectivity index (χ2n) is 4.03. The molecule has 0 saturated carbocycles. The minimum absolute atomic E-state index is 0.114. The average molecular weight is 292 g/mol. The number of primary sulfonamides is 1. The number of hydrogen-bond donors (Lipinski definition) is 1. The third-order valence-electron chi connectivity index (χ3n) is 2.69. The van der Waals surface area contributed by atoms with Crippen molar-refractivity contribution >= 4 is 15.9 Å². The van der Waals surface area contributed by atoms with Crippen molar-refractivity contribution in [2.24, 2.45) is 5.14 Å². The quantitative estimate of drug-likeness (QED) is 0.753. The second-order valence-corrected chi connectivity index (χ2v) is 5.87. The number of rotatable bonds is 3. The number of amides is 1. The van der Waals surface area contributed by atoms with Crippen LogP contribution in [-0.4, -0.2) is 49.9 Å². The largest absolute Gasteiger partial charge is 0.383 e. The van der Waals surface area contributed by atoms with Crippen LogP contribution in [0.2, 0.25) is 0 Å². The van der Waals surface area contributed by atoms with Crippen LogP contribution in [0.5, 0.6) is 0 Å². The van der Waals surface area contributed by atoms with Gasteiger partial charge >= 0.3 is 12.3 Å². The van der Waals surface area contributed by atoms with E-state index in [9.17, 15) is 30.8 Å². The molecule has 0 aromatic rings. The molecule has 18 heavy (non-hydrogen) atoms. The number of hydrogen-bond acceptors (Lipinski definition) is 3. The highest BCUT2D eigenvalue weighted by atomic mass is 32.2. The van der Waals surface area contributed by atoms with Gasteiger partial charge in [-0.05, 0) is 12.8 Å². The van der Waals surface area contributed by atoms with Gasteiger partial charge in [0.2, 0.25) is 10.0 Å². The lowest BCUT2D eigenvalue weighted by Crippen LogP contribution is -2.54. The fourth-order valence-electron chi connectivity index (χ4n) is 1.69. The van der Waals surface area contributed by atoms with Crippen LogP contribution < -0.4 is 5.14 Å². The number of alkyl halides is 4. The molecule has 1 amide bonds. The van der Waals surface area contributed by atoms with Gasteiger partial charge < -0.3 is 4.90 Å². The Bertz CT molecular complexity index is 426. The number of halogens is 4. The fraction of sp³-hybridized carbons (Fsp3) is 0.875. The molecule has 1 rings (SSSR count). The maximum Gasteiger partial charge on any atom is 0.383 e. The molecule has 5 nitrogen and oxygen atoms in total. The first-order valence-electron chi connectivity index (χ1n) is 5.03. The van der Waals surface area contributed by atoms with E-state index in [0.29, 0.717) is 4.90 Å². The summed E-state index contributed by atoms with van der Waals surface area (Å²) in [5, 5.41) is 3.65. The molecule has 1 saturated heterocycles. The van der Waals surface area contributed by atoms with Gasteiger partial charge in [-0.2, -0.15) is 8.78 Å². The van der Waals surface area contributed by atoms with E-state index in [-0.39, 0.29) is 19.4 Å². The Morgan fingerprint density at radius 2 is 1.94 bits per heavy atom. The van der Waals surface area contributed by atoms with Crippen molar-refractivity contribution in [3.63, 3.8) is 0 Å². The van der Waals surface area contributed by atoms with Crippen LogP contribution >= 0.6 is 0 Å². The summed E-state index contributed by atoms with van der Waals surface area (Å²) in [6, 6.07) is 0. The maximum atomic E-state index is 12.8. The van der Waals surface area contributed by atoms with Gasteiger partial charge in [0.15, 0.2) is 0 Å². The summed E-state index contributed by atoms with van der Waals surface area (Å²) in [6.07, 6.45) is -3.89. The molecule has 0 aromatic heterocycles. The minimum atomic E-state index is -4.81. The molecule has 10 heteroatoms. The Hall–Kier alpha value is -0.900. The Balaban J connectivity index is 2.82. The fourth-order valence-corrected chi connectivity index (χ4v) is 2.58.